The van der Waals surface area contributed by atoms with E-state index in [-0.39, 0.29) is 0 Å². The molecule has 2 rings (SSSR count). The second-order valence-electron chi connectivity index (χ2n) is 4.11. The van der Waals surface area contributed by atoms with Crippen molar-refractivity contribution in [3.05, 3.63) is 53.6 Å². The lowest BCUT2D eigenvalue weighted by atomic mass is 10.1. The van der Waals surface area contributed by atoms with Crippen LogP contribution < -0.4 is 16.8 Å². The summed E-state index contributed by atoms with van der Waals surface area (Å²) >= 11 is 0. The van der Waals surface area contributed by atoms with E-state index in [0.29, 0.717) is 11.3 Å². The van der Waals surface area contributed by atoms with Gasteiger partial charge in [-0.25, -0.2) is 0 Å². The van der Waals surface area contributed by atoms with Gasteiger partial charge in [0, 0.05) is 17.1 Å². The van der Waals surface area contributed by atoms with Crippen LogP contribution in [0.5, 0.6) is 0 Å². The average Bonchev–Trinajstić information content (AvgIpc) is 2.34. The molecule has 0 spiro atoms. The van der Waals surface area contributed by atoms with Crippen LogP contribution in [0.15, 0.2) is 42.5 Å². The molecule has 5 N–H and O–H groups in total. The number of carbonyl (C=O) groups is 1. The van der Waals surface area contributed by atoms with E-state index >= 15 is 0 Å². The first-order valence-electron chi connectivity index (χ1n) is 5.60. The molecular weight excluding hydrogens is 226 g/mol. The molecule has 92 valence electrons. The number of hydrogen-bond acceptors (Lipinski definition) is 3. The quantitative estimate of drug-likeness (QED) is 0.722. The lowest BCUT2D eigenvalue weighted by molar-refractivity contribution is 0.100. The predicted octanol–water partition coefficient (Wildman–Crippen LogP) is 2.42. The Morgan fingerprint density at radius 3 is 2.56 bits per heavy atom. The highest BCUT2D eigenvalue weighted by Crippen LogP contribution is 2.23. The summed E-state index contributed by atoms with van der Waals surface area (Å²) in [6, 6.07) is 13.0. The minimum Gasteiger partial charge on any atom is -0.398 e. The van der Waals surface area contributed by atoms with E-state index in [4.69, 9.17) is 11.5 Å². The van der Waals surface area contributed by atoms with Gasteiger partial charge in [0.2, 0.25) is 0 Å². The van der Waals surface area contributed by atoms with Gasteiger partial charge in [0.1, 0.15) is 0 Å². The third-order valence-corrected chi connectivity index (χ3v) is 2.74. The maximum Gasteiger partial charge on any atom is 0.250 e. The highest BCUT2D eigenvalue weighted by Gasteiger charge is 2.07. The third kappa shape index (κ3) is 2.43. The van der Waals surface area contributed by atoms with E-state index in [1.807, 2.05) is 37.3 Å². The van der Waals surface area contributed by atoms with Gasteiger partial charge >= 0.3 is 0 Å². The number of nitrogens with one attached hydrogen (secondary N) is 1. The molecule has 0 aliphatic heterocycles. The first-order chi connectivity index (χ1) is 8.58. The molecule has 18 heavy (non-hydrogen) atoms. The molecule has 0 aliphatic rings. The van der Waals surface area contributed by atoms with Crippen LogP contribution >= 0.6 is 0 Å². The van der Waals surface area contributed by atoms with Gasteiger partial charge in [-0.1, -0.05) is 18.2 Å². The Balaban J connectivity index is 2.33. The molecule has 0 unspecified atom stereocenters. The monoisotopic (exact) mass is 241 g/mol. The van der Waals surface area contributed by atoms with E-state index in [9.17, 15) is 4.79 Å². The summed E-state index contributed by atoms with van der Waals surface area (Å²) in [7, 11) is 0. The second-order valence-corrected chi connectivity index (χ2v) is 4.11. The van der Waals surface area contributed by atoms with Crippen LogP contribution in [0.25, 0.3) is 0 Å². The SMILES string of the molecule is Cc1ccccc1Nc1ccc(N)c(C(N)=O)c1. The van der Waals surface area contributed by atoms with Gasteiger partial charge in [-0.15, -0.1) is 0 Å². The standard InChI is InChI=1S/C14H15N3O/c1-9-4-2-3-5-13(9)17-10-6-7-12(15)11(8-10)14(16)18/h2-8,17H,15H2,1H3,(H2,16,18). The molecule has 0 aromatic heterocycles. The summed E-state index contributed by atoms with van der Waals surface area (Å²) in [5.74, 6) is -0.527. The summed E-state index contributed by atoms with van der Waals surface area (Å²) < 4.78 is 0. The fraction of sp³-hybridized carbons (Fsp3) is 0.0714. The summed E-state index contributed by atoms with van der Waals surface area (Å²) in [6.45, 7) is 2.01. The smallest absolute Gasteiger partial charge is 0.250 e. The Kier molecular flexibility index (Phi) is 3.19. The Morgan fingerprint density at radius 2 is 1.89 bits per heavy atom. The number of anilines is 3. The summed E-state index contributed by atoms with van der Waals surface area (Å²) in [4.78, 5) is 11.2. The largest absolute Gasteiger partial charge is 0.398 e. The maximum absolute atomic E-state index is 11.2. The number of amides is 1. The van der Waals surface area contributed by atoms with Crippen molar-refractivity contribution < 1.29 is 4.79 Å². The topological polar surface area (TPSA) is 81.1 Å². The van der Waals surface area contributed by atoms with Crippen molar-refractivity contribution in [1.29, 1.82) is 0 Å². The fourth-order valence-corrected chi connectivity index (χ4v) is 1.72. The van der Waals surface area contributed by atoms with Gasteiger partial charge in [-0.05, 0) is 36.8 Å². The van der Waals surface area contributed by atoms with Crippen LogP contribution in [0.1, 0.15) is 15.9 Å². The minimum atomic E-state index is -0.527. The Bertz CT molecular complexity index is 593. The second kappa shape index (κ2) is 4.79. The summed E-state index contributed by atoms with van der Waals surface area (Å²) in [6.07, 6.45) is 0. The Labute approximate surface area is 106 Å². The number of hydrogen-bond donors (Lipinski definition) is 3. The van der Waals surface area contributed by atoms with E-state index in [0.717, 1.165) is 16.9 Å². The summed E-state index contributed by atoms with van der Waals surface area (Å²) in [5, 5.41) is 3.23. The summed E-state index contributed by atoms with van der Waals surface area (Å²) in [5.41, 5.74) is 14.5. The van der Waals surface area contributed by atoms with Gasteiger partial charge in [0.25, 0.3) is 5.91 Å². The molecule has 2 aromatic carbocycles. The molecule has 1 amide bonds. The zero-order valence-corrected chi connectivity index (χ0v) is 10.1. The number of carbonyl (C=O) groups excluding carboxylic acids is 1. The van der Waals surface area contributed by atoms with Gasteiger partial charge < -0.3 is 16.8 Å². The highest BCUT2D eigenvalue weighted by atomic mass is 16.1. The van der Waals surface area contributed by atoms with Crippen LogP contribution in [-0.4, -0.2) is 5.91 Å². The predicted molar refractivity (Wildman–Crippen MR) is 73.8 cm³/mol. The molecule has 4 nitrogen and oxygen atoms in total. The van der Waals surface area contributed by atoms with Crippen LogP contribution in [0, 0.1) is 6.92 Å². The van der Waals surface area contributed by atoms with E-state index in [2.05, 4.69) is 5.32 Å². The van der Waals surface area contributed by atoms with E-state index in [1.54, 1.807) is 12.1 Å². The molecule has 0 atom stereocenters. The molecule has 4 heteroatoms. The Hall–Kier alpha value is -2.49. The van der Waals surface area contributed by atoms with Crippen LogP contribution in [0.3, 0.4) is 0 Å². The molecule has 0 saturated heterocycles. The van der Waals surface area contributed by atoms with Crippen molar-refractivity contribution in [2.24, 2.45) is 5.73 Å². The van der Waals surface area contributed by atoms with Crippen molar-refractivity contribution >= 4 is 23.0 Å². The third-order valence-electron chi connectivity index (χ3n) is 2.74. The van der Waals surface area contributed by atoms with E-state index in [1.165, 1.54) is 0 Å². The molecule has 0 radical (unpaired) electrons. The number of aryl methyl sites for hydroxylation is 1. The van der Waals surface area contributed by atoms with Crippen LogP contribution in [-0.2, 0) is 0 Å². The van der Waals surface area contributed by atoms with Gasteiger partial charge in [-0.2, -0.15) is 0 Å². The highest BCUT2D eigenvalue weighted by molar-refractivity contribution is 5.99. The van der Waals surface area contributed by atoms with Crippen molar-refractivity contribution in [2.45, 2.75) is 6.92 Å². The number of rotatable bonds is 3. The molecular formula is C14H15N3O. The number of nitrogen functional groups attached to an aromatic ring is 1. The number of nitrogens with two attached hydrogens (primary N) is 2. The van der Waals surface area contributed by atoms with Crippen molar-refractivity contribution in [3.8, 4) is 0 Å². The average molecular weight is 241 g/mol. The molecule has 2 aromatic rings. The zero-order chi connectivity index (χ0) is 13.1. The zero-order valence-electron chi connectivity index (χ0n) is 10.1. The fourth-order valence-electron chi connectivity index (χ4n) is 1.72. The number of primary amides is 1. The lowest BCUT2D eigenvalue weighted by Crippen LogP contribution is -2.13. The first kappa shape index (κ1) is 12.0. The number of para-hydroxylation sites is 1. The van der Waals surface area contributed by atoms with Gasteiger partial charge in [0.15, 0.2) is 0 Å². The maximum atomic E-state index is 11.2. The molecule has 0 saturated carbocycles. The van der Waals surface area contributed by atoms with Gasteiger partial charge in [0.05, 0.1) is 5.56 Å². The van der Waals surface area contributed by atoms with Crippen molar-refractivity contribution in [2.75, 3.05) is 11.1 Å². The normalized spacial score (nSPS) is 10.1. The molecule has 0 bridgehead atoms. The van der Waals surface area contributed by atoms with Crippen molar-refractivity contribution in [3.63, 3.8) is 0 Å². The molecule has 0 heterocycles. The van der Waals surface area contributed by atoms with Gasteiger partial charge in [-0.3, -0.25) is 4.79 Å². The Morgan fingerprint density at radius 1 is 1.17 bits per heavy atom. The molecule has 0 aliphatic carbocycles. The lowest BCUT2D eigenvalue weighted by Gasteiger charge is -2.11. The minimum absolute atomic E-state index is 0.327. The van der Waals surface area contributed by atoms with E-state index < -0.39 is 5.91 Å². The first-order valence-corrected chi connectivity index (χ1v) is 5.60. The van der Waals surface area contributed by atoms with Crippen LogP contribution in [0.2, 0.25) is 0 Å². The molecule has 0 fully saturated rings. The number of benzene rings is 2. The van der Waals surface area contributed by atoms with Crippen LogP contribution in [0.4, 0.5) is 17.1 Å². The van der Waals surface area contributed by atoms with Crippen molar-refractivity contribution in [1.82, 2.24) is 0 Å².